The van der Waals surface area contributed by atoms with Crippen LogP contribution in [0, 0.1) is 11.3 Å². The molecule has 0 saturated carbocycles. The lowest BCUT2D eigenvalue weighted by Gasteiger charge is -2.19. The number of allylic oxidation sites excluding steroid dienone is 3. The predicted octanol–water partition coefficient (Wildman–Crippen LogP) is 3.87. The van der Waals surface area contributed by atoms with Crippen molar-refractivity contribution in [2.45, 2.75) is 46.5 Å². The van der Waals surface area contributed by atoms with Crippen LogP contribution in [0.5, 0.6) is 0 Å². The molecule has 16 heavy (non-hydrogen) atoms. The van der Waals surface area contributed by atoms with E-state index in [2.05, 4.69) is 31.0 Å². The van der Waals surface area contributed by atoms with Crippen molar-refractivity contribution >= 4 is 0 Å². The molecule has 0 aromatic carbocycles. The lowest BCUT2D eigenvalue weighted by atomic mass is 10.2. The number of nitriles is 1. The number of hydrogen-bond acceptors (Lipinski definition) is 2. The molecule has 0 heterocycles. The third-order valence-corrected chi connectivity index (χ3v) is 2.42. The van der Waals surface area contributed by atoms with Gasteiger partial charge in [-0.1, -0.05) is 26.7 Å². The fourth-order valence-electron chi connectivity index (χ4n) is 1.33. The summed E-state index contributed by atoms with van der Waals surface area (Å²) >= 11 is 0. The fourth-order valence-corrected chi connectivity index (χ4v) is 1.33. The second-order valence-corrected chi connectivity index (χ2v) is 4.05. The second kappa shape index (κ2) is 10.3. The van der Waals surface area contributed by atoms with Crippen LogP contribution in [0.25, 0.3) is 0 Å². The zero-order valence-electron chi connectivity index (χ0n) is 10.9. The normalized spacial score (nSPS) is 11.8. The summed E-state index contributed by atoms with van der Waals surface area (Å²) in [6.07, 6.45) is 10.9. The highest BCUT2D eigenvalue weighted by Crippen LogP contribution is 2.00. The monoisotopic (exact) mass is 220 g/mol. The average Bonchev–Trinajstić information content (AvgIpc) is 2.31. The van der Waals surface area contributed by atoms with Gasteiger partial charge in [0.05, 0.1) is 6.07 Å². The molecule has 0 aromatic heterocycles. The molecule has 0 radical (unpaired) electrons. The first-order chi connectivity index (χ1) is 7.74. The van der Waals surface area contributed by atoms with Crippen molar-refractivity contribution in [3.63, 3.8) is 0 Å². The summed E-state index contributed by atoms with van der Waals surface area (Å²) in [5.41, 5.74) is 0.752. The molecule has 0 aliphatic heterocycles. The predicted molar refractivity (Wildman–Crippen MR) is 69.9 cm³/mol. The highest BCUT2D eigenvalue weighted by Gasteiger charge is 1.96. The Balaban J connectivity index is 4.13. The molecule has 0 aliphatic carbocycles. The molecule has 2 heteroatoms. The van der Waals surface area contributed by atoms with Gasteiger partial charge in [-0.05, 0) is 38.1 Å². The molecular formula is C14H24N2. The van der Waals surface area contributed by atoms with Gasteiger partial charge < -0.3 is 4.90 Å². The molecule has 0 atom stereocenters. The summed E-state index contributed by atoms with van der Waals surface area (Å²) in [5.74, 6) is 0. The van der Waals surface area contributed by atoms with Crippen LogP contribution in [0.1, 0.15) is 46.5 Å². The van der Waals surface area contributed by atoms with Gasteiger partial charge >= 0.3 is 0 Å². The third-order valence-electron chi connectivity index (χ3n) is 2.42. The van der Waals surface area contributed by atoms with Crippen LogP contribution in [-0.4, -0.2) is 18.0 Å². The van der Waals surface area contributed by atoms with Gasteiger partial charge in [-0.3, -0.25) is 0 Å². The van der Waals surface area contributed by atoms with Gasteiger partial charge in [0.25, 0.3) is 0 Å². The average molecular weight is 220 g/mol. The fraction of sp³-hybridized carbons (Fsp3) is 0.643. The first kappa shape index (κ1) is 14.8. The smallest absolute Gasteiger partial charge is 0.0944 e. The van der Waals surface area contributed by atoms with Crippen LogP contribution in [0.15, 0.2) is 23.9 Å². The molecule has 90 valence electrons. The molecule has 2 nitrogen and oxygen atoms in total. The minimum Gasteiger partial charge on any atom is -0.377 e. The molecule has 0 aliphatic rings. The van der Waals surface area contributed by atoms with Crippen LogP contribution in [0.3, 0.4) is 0 Å². The standard InChI is InChI=1S/C14H24N2/c1-4-6-10-16(11-7-5-2)12-8-9-14(3)13-15/h8-9,12H,4-7,10-11H2,1-3H3/b12-8+,14-9+. The summed E-state index contributed by atoms with van der Waals surface area (Å²) in [5, 5.41) is 8.62. The quantitative estimate of drug-likeness (QED) is 0.458. The lowest BCUT2D eigenvalue weighted by Crippen LogP contribution is -2.19. The van der Waals surface area contributed by atoms with Gasteiger partial charge in [0, 0.05) is 18.7 Å². The zero-order valence-corrected chi connectivity index (χ0v) is 10.9. The number of nitrogens with zero attached hydrogens (tertiary/aromatic N) is 2. The van der Waals surface area contributed by atoms with Crippen molar-refractivity contribution in [2.75, 3.05) is 13.1 Å². The Kier molecular flexibility index (Phi) is 9.50. The highest BCUT2D eigenvalue weighted by atomic mass is 15.1. The van der Waals surface area contributed by atoms with E-state index in [9.17, 15) is 0 Å². The minimum absolute atomic E-state index is 0.752. The van der Waals surface area contributed by atoms with Gasteiger partial charge in [-0.25, -0.2) is 0 Å². The van der Waals surface area contributed by atoms with Crippen molar-refractivity contribution in [1.82, 2.24) is 4.90 Å². The maximum absolute atomic E-state index is 8.62. The summed E-state index contributed by atoms with van der Waals surface area (Å²) in [6.45, 7) is 8.48. The van der Waals surface area contributed by atoms with Crippen molar-refractivity contribution in [3.8, 4) is 6.07 Å². The van der Waals surface area contributed by atoms with E-state index in [0.717, 1.165) is 18.7 Å². The maximum atomic E-state index is 8.62. The molecule has 0 bridgehead atoms. The minimum atomic E-state index is 0.752. The lowest BCUT2D eigenvalue weighted by molar-refractivity contribution is 0.360. The van der Waals surface area contributed by atoms with E-state index in [-0.39, 0.29) is 0 Å². The van der Waals surface area contributed by atoms with E-state index in [1.807, 2.05) is 19.1 Å². The Hall–Kier alpha value is -1.23. The van der Waals surface area contributed by atoms with E-state index < -0.39 is 0 Å². The van der Waals surface area contributed by atoms with E-state index in [4.69, 9.17) is 5.26 Å². The number of rotatable bonds is 8. The van der Waals surface area contributed by atoms with Gasteiger partial charge in [0.2, 0.25) is 0 Å². The molecule has 0 saturated heterocycles. The second-order valence-electron chi connectivity index (χ2n) is 4.05. The van der Waals surface area contributed by atoms with Crippen LogP contribution in [0.2, 0.25) is 0 Å². The van der Waals surface area contributed by atoms with Gasteiger partial charge in [0.15, 0.2) is 0 Å². The molecule has 0 N–H and O–H groups in total. The topological polar surface area (TPSA) is 27.0 Å². The Morgan fingerprint density at radius 3 is 2.19 bits per heavy atom. The summed E-state index contributed by atoms with van der Waals surface area (Å²) in [6, 6.07) is 2.12. The number of unbranched alkanes of at least 4 members (excludes halogenated alkanes) is 2. The largest absolute Gasteiger partial charge is 0.377 e. The van der Waals surface area contributed by atoms with Crippen molar-refractivity contribution in [3.05, 3.63) is 23.9 Å². The van der Waals surface area contributed by atoms with Gasteiger partial charge in [-0.15, -0.1) is 0 Å². The summed E-state index contributed by atoms with van der Waals surface area (Å²) in [4.78, 5) is 2.34. The molecule has 0 unspecified atom stereocenters. The van der Waals surface area contributed by atoms with Crippen molar-refractivity contribution < 1.29 is 0 Å². The van der Waals surface area contributed by atoms with Gasteiger partial charge in [-0.2, -0.15) is 5.26 Å². The van der Waals surface area contributed by atoms with Gasteiger partial charge in [0.1, 0.15) is 0 Å². The Bertz CT molecular complexity index is 250. The molecule has 0 amide bonds. The summed E-state index contributed by atoms with van der Waals surface area (Å²) < 4.78 is 0. The molecular weight excluding hydrogens is 196 g/mol. The first-order valence-corrected chi connectivity index (χ1v) is 6.23. The zero-order chi connectivity index (χ0) is 12.2. The van der Waals surface area contributed by atoms with Crippen LogP contribution in [0.4, 0.5) is 0 Å². The van der Waals surface area contributed by atoms with Crippen molar-refractivity contribution in [1.29, 1.82) is 5.26 Å². The van der Waals surface area contributed by atoms with E-state index in [0.29, 0.717) is 0 Å². The Labute approximate surface area is 100 Å². The Morgan fingerprint density at radius 2 is 1.75 bits per heavy atom. The van der Waals surface area contributed by atoms with E-state index in [1.54, 1.807) is 0 Å². The van der Waals surface area contributed by atoms with Crippen LogP contribution in [-0.2, 0) is 0 Å². The van der Waals surface area contributed by atoms with Crippen molar-refractivity contribution in [2.24, 2.45) is 0 Å². The van der Waals surface area contributed by atoms with Crippen LogP contribution < -0.4 is 0 Å². The molecule has 0 rings (SSSR count). The summed E-state index contributed by atoms with van der Waals surface area (Å²) in [7, 11) is 0. The SMILES string of the molecule is CCCCN(/C=C/C=C(\C)C#N)CCCC. The number of hydrogen-bond donors (Lipinski definition) is 0. The van der Waals surface area contributed by atoms with Crippen LogP contribution >= 0.6 is 0 Å². The third kappa shape index (κ3) is 8.11. The molecule has 0 aromatic rings. The molecule has 0 fully saturated rings. The highest BCUT2D eigenvalue weighted by molar-refractivity contribution is 5.22. The van der Waals surface area contributed by atoms with E-state index in [1.165, 1.54) is 25.7 Å². The molecule has 0 spiro atoms. The maximum Gasteiger partial charge on any atom is 0.0944 e. The first-order valence-electron chi connectivity index (χ1n) is 6.23. The van der Waals surface area contributed by atoms with E-state index >= 15 is 0 Å². The Morgan fingerprint density at radius 1 is 1.19 bits per heavy atom.